The number of likely N-dealkylation sites (tertiary alicyclic amines) is 1. The number of benzene rings is 1. The number of piperidine rings is 1. The number of carboxylic acid groups (broad SMARTS) is 1. The largest absolute Gasteiger partial charge is 0.494 e. The number of hydrogen-bond acceptors (Lipinski definition) is 5. The van der Waals surface area contributed by atoms with Crippen molar-refractivity contribution in [2.24, 2.45) is 0 Å². The van der Waals surface area contributed by atoms with Gasteiger partial charge in [0.15, 0.2) is 11.3 Å². The molecule has 1 aromatic carbocycles. The molecule has 1 aliphatic rings. The monoisotopic (exact) mass is 359 g/mol. The Hall–Kier alpha value is -2.87. The summed E-state index contributed by atoms with van der Waals surface area (Å²) in [5.41, 5.74) is 0.262. The summed E-state index contributed by atoms with van der Waals surface area (Å²) in [6.45, 7) is 2.29. The first-order valence-corrected chi connectivity index (χ1v) is 8.30. The lowest BCUT2D eigenvalue weighted by Crippen LogP contribution is -2.50. The molecule has 1 fully saturated rings. The first-order chi connectivity index (χ1) is 12.3. The van der Waals surface area contributed by atoms with Crippen molar-refractivity contribution in [3.8, 4) is 11.4 Å². The van der Waals surface area contributed by atoms with Crippen molar-refractivity contribution in [2.45, 2.75) is 25.4 Å². The molecular formula is C18H21N3O5. The summed E-state index contributed by atoms with van der Waals surface area (Å²) in [5.74, 6) is -0.898. The number of carboxylic acids is 1. The number of hydrogen-bond donors (Lipinski definition) is 2. The van der Waals surface area contributed by atoms with Crippen molar-refractivity contribution >= 4 is 11.9 Å². The van der Waals surface area contributed by atoms with Gasteiger partial charge in [0.25, 0.3) is 5.91 Å². The van der Waals surface area contributed by atoms with Gasteiger partial charge in [0, 0.05) is 32.1 Å². The number of aliphatic hydroxyl groups is 1. The fraction of sp³-hybridized carbons (Fsp3) is 0.389. The number of aromatic nitrogens is 2. The number of nitrogens with zero attached hydrogens (tertiary/aromatic N) is 3. The summed E-state index contributed by atoms with van der Waals surface area (Å²) in [4.78, 5) is 25.2. The first-order valence-electron chi connectivity index (χ1n) is 8.30. The maximum atomic E-state index is 12.6. The molecule has 0 atom stereocenters. The average molecular weight is 359 g/mol. The van der Waals surface area contributed by atoms with E-state index in [0.717, 1.165) is 11.3 Å². The lowest BCUT2D eigenvalue weighted by Gasteiger charge is -2.34. The molecule has 0 radical (unpaired) electrons. The van der Waals surface area contributed by atoms with E-state index in [4.69, 9.17) is 9.84 Å². The van der Waals surface area contributed by atoms with Gasteiger partial charge in [0.05, 0.1) is 7.11 Å². The van der Waals surface area contributed by atoms with Gasteiger partial charge in [-0.2, -0.15) is 5.10 Å². The van der Waals surface area contributed by atoms with Gasteiger partial charge in [-0.25, -0.2) is 9.48 Å². The molecule has 1 aromatic heterocycles. The molecule has 0 aliphatic carbocycles. The Morgan fingerprint density at radius 2 is 1.92 bits per heavy atom. The molecule has 1 saturated heterocycles. The zero-order valence-electron chi connectivity index (χ0n) is 14.7. The van der Waals surface area contributed by atoms with Crippen molar-refractivity contribution in [3.05, 3.63) is 41.7 Å². The van der Waals surface area contributed by atoms with Crippen molar-refractivity contribution in [2.75, 3.05) is 20.2 Å². The number of amides is 1. The zero-order valence-corrected chi connectivity index (χ0v) is 14.7. The molecule has 2 aromatic rings. The molecule has 8 heteroatoms. The van der Waals surface area contributed by atoms with Gasteiger partial charge in [-0.3, -0.25) is 4.79 Å². The highest BCUT2D eigenvalue weighted by molar-refractivity contribution is 5.92. The van der Waals surface area contributed by atoms with Gasteiger partial charge < -0.3 is 19.8 Å². The van der Waals surface area contributed by atoms with Crippen molar-refractivity contribution < 1.29 is 24.5 Å². The van der Waals surface area contributed by atoms with Gasteiger partial charge in [-0.05, 0) is 30.7 Å². The van der Waals surface area contributed by atoms with Crippen molar-refractivity contribution in [3.63, 3.8) is 0 Å². The van der Waals surface area contributed by atoms with E-state index >= 15 is 0 Å². The lowest BCUT2D eigenvalue weighted by molar-refractivity contribution is -0.162. The zero-order chi connectivity index (χ0) is 18.9. The molecule has 0 spiro atoms. The van der Waals surface area contributed by atoms with E-state index in [1.807, 2.05) is 25.1 Å². The minimum absolute atomic E-state index is 0.000481. The van der Waals surface area contributed by atoms with Crippen LogP contribution in [0.5, 0.6) is 5.75 Å². The first kappa shape index (κ1) is 17.9. The number of aliphatic carboxylic acids is 1. The fourth-order valence-corrected chi connectivity index (χ4v) is 3.01. The molecular weight excluding hydrogens is 338 g/mol. The van der Waals surface area contributed by atoms with Crippen LogP contribution in [0.2, 0.25) is 0 Å². The maximum absolute atomic E-state index is 12.6. The minimum Gasteiger partial charge on any atom is -0.494 e. The van der Waals surface area contributed by atoms with Crippen LogP contribution in [0, 0.1) is 6.92 Å². The summed E-state index contributed by atoms with van der Waals surface area (Å²) in [7, 11) is 1.57. The quantitative estimate of drug-likeness (QED) is 0.851. The molecule has 2 heterocycles. The molecule has 3 rings (SSSR count). The second-order valence-electron chi connectivity index (χ2n) is 6.45. The summed E-state index contributed by atoms with van der Waals surface area (Å²) in [5, 5.41) is 23.4. The number of carbonyl (C=O) groups excluding carboxylic acids is 1. The van der Waals surface area contributed by atoms with E-state index < -0.39 is 11.6 Å². The Morgan fingerprint density at radius 3 is 2.54 bits per heavy atom. The average Bonchev–Trinajstić information content (AvgIpc) is 3.11. The van der Waals surface area contributed by atoms with E-state index in [-0.39, 0.29) is 37.5 Å². The van der Waals surface area contributed by atoms with Gasteiger partial charge in [-0.15, -0.1) is 0 Å². The molecule has 0 bridgehead atoms. The summed E-state index contributed by atoms with van der Waals surface area (Å²) < 4.78 is 6.93. The second-order valence-corrected chi connectivity index (χ2v) is 6.45. The van der Waals surface area contributed by atoms with Crippen LogP contribution in [0.1, 0.15) is 28.9 Å². The molecule has 1 amide bonds. The highest BCUT2D eigenvalue weighted by Crippen LogP contribution is 2.25. The summed E-state index contributed by atoms with van der Waals surface area (Å²) in [6, 6.07) is 7.29. The number of aryl methyl sites for hydroxylation is 1. The lowest BCUT2D eigenvalue weighted by atomic mass is 9.91. The Balaban J connectivity index is 1.78. The van der Waals surface area contributed by atoms with E-state index in [1.165, 1.54) is 4.90 Å². The van der Waals surface area contributed by atoms with Crippen LogP contribution in [-0.2, 0) is 4.79 Å². The SMILES string of the molecule is COc1ccc(C)cc1-n1ccc(C(=O)N2CCC(O)(C(=O)O)CC2)n1. The topological polar surface area (TPSA) is 105 Å². The van der Waals surface area contributed by atoms with E-state index in [9.17, 15) is 14.7 Å². The number of methoxy groups -OCH3 is 1. The Morgan fingerprint density at radius 1 is 1.23 bits per heavy atom. The molecule has 26 heavy (non-hydrogen) atoms. The summed E-state index contributed by atoms with van der Waals surface area (Å²) >= 11 is 0. The summed E-state index contributed by atoms with van der Waals surface area (Å²) in [6.07, 6.45) is 1.68. The highest BCUT2D eigenvalue weighted by Gasteiger charge is 2.40. The van der Waals surface area contributed by atoms with Crippen LogP contribution in [0.25, 0.3) is 5.69 Å². The normalized spacial score (nSPS) is 16.3. The third kappa shape index (κ3) is 3.28. The third-order valence-electron chi connectivity index (χ3n) is 4.67. The van der Waals surface area contributed by atoms with Crippen molar-refractivity contribution in [1.29, 1.82) is 0 Å². The van der Waals surface area contributed by atoms with E-state index in [2.05, 4.69) is 5.10 Å². The van der Waals surface area contributed by atoms with Gasteiger partial charge >= 0.3 is 5.97 Å². The minimum atomic E-state index is -1.76. The van der Waals surface area contributed by atoms with Crippen LogP contribution < -0.4 is 4.74 Å². The predicted molar refractivity (Wildman–Crippen MR) is 92.6 cm³/mol. The number of ether oxygens (including phenoxy) is 1. The standard InChI is InChI=1S/C18H21N3O5/c1-12-3-4-15(26-2)14(11-12)21-8-5-13(19-21)16(22)20-9-6-18(25,7-10-20)17(23)24/h3-5,8,11,25H,6-7,9-10H2,1-2H3,(H,23,24). The third-order valence-corrected chi connectivity index (χ3v) is 4.67. The second kappa shape index (κ2) is 6.80. The predicted octanol–water partition coefficient (Wildman–Crippen LogP) is 1.24. The molecule has 0 unspecified atom stereocenters. The van der Waals surface area contributed by atoms with Crippen molar-refractivity contribution in [1.82, 2.24) is 14.7 Å². The molecule has 138 valence electrons. The van der Waals surface area contributed by atoms with Gasteiger partial charge in [0.2, 0.25) is 0 Å². The van der Waals surface area contributed by atoms with Crippen LogP contribution in [0.4, 0.5) is 0 Å². The van der Waals surface area contributed by atoms with Gasteiger partial charge in [0.1, 0.15) is 11.4 Å². The molecule has 2 N–H and O–H groups in total. The number of rotatable bonds is 4. The van der Waals surface area contributed by atoms with E-state index in [0.29, 0.717) is 5.75 Å². The number of carbonyl (C=O) groups is 2. The molecule has 1 aliphatic heterocycles. The fourth-order valence-electron chi connectivity index (χ4n) is 3.01. The van der Waals surface area contributed by atoms with Crippen LogP contribution in [0.3, 0.4) is 0 Å². The Kier molecular flexibility index (Phi) is 4.69. The highest BCUT2D eigenvalue weighted by atomic mass is 16.5. The van der Waals surface area contributed by atoms with Crippen LogP contribution in [-0.4, -0.2) is 62.6 Å². The molecule has 0 saturated carbocycles. The van der Waals surface area contributed by atoms with Gasteiger partial charge in [-0.1, -0.05) is 6.07 Å². The maximum Gasteiger partial charge on any atom is 0.335 e. The van der Waals surface area contributed by atoms with E-state index in [1.54, 1.807) is 24.1 Å². The Bertz CT molecular complexity index is 837. The molecule has 8 nitrogen and oxygen atoms in total. The van der Waals surface area contributed by atoms with Crippen LogP contribution in [0.15, 0.2) is 30.5 Å². The smallest absolute Gasteiger partial charge is 0.335 e. The Labute approximate surface area is 150 Å². The van der Waals surface area contributed by atoms with Crippen LogP contribution >= 0.6 is 0 Å².